The molecule has 20 heavy (non-hydrogen) atoms. The van der Waals surface area contributed by atoms with Crippen LogP contribution in [0, 0.1) is 13.8 Å². The summed E-state index contributed by atoms with van der Waals surface area (Å²) in [5.74, 6) is 0.189. The van der Waals surface area contributed by atoms with Crippen LogP contribution in [0.1, 0.15) is 41.4 Å². The molecule has 1 aromatic carbocycles. The highest BCUT2D eigenvalue weighted by atomic mass is 16.3. The molecule has 0 saturated carbocycles. The largest absolute Gasteiger partial charge is 0.450 e. The van der Waals surface area contributed by atoms with Crippen molar-refractivity contribution in [1.82, 2.24) is 5.32 Å². The predicted molar refractivity (Wildman–Crippen MR) is 78.9 cm³/mol. The van der Waals surface area contributed by atoms with Crippen molar-refractivity contribution in [3.63, 3.8) is 0 Å². The standard InChI is InChI=1S/C16H21NO3/c1-10-6-4-8-13-12(3)15(20-14(10)13)16(19)17-11(2)7-5-9-18/h4,6,8,11,18H,5,7,9H2,1-3H3,(H,17,19). The van der Waals surface area contributed by atoms with Crippen molar-refractivity contribution < 1.29 is 14.3 Å². The maximum atomic E-state index is 12.3. The van der Waals surface area contributed by atoms with Crippen LogP contribution in [-0.4, -0.2) is 23.7 Å². The van der Waals surface area contributed by atoms with Crippen molar-refractivity contribution in [1.29, 1.82) is 0 Å². The van der Waals surface area contributed by atoms with Gasteiger partial charge in [0.15, 0.2) is 5.76 Å². The summed E-state index contributed by atoms with van der Waals surface area (Å²) in [4.78, 5) is 12.3. The molecule has 1 aromatic heterocycles. The van der Waals surface area contributed by atoms with Gasteiger partial charge in [-0.1, -0.05) is 18.2 Å². The van der Waals surface area contributed by atoms with Crippen LogP contribution in [-0.2, 0) is 0 Å². The summed E-state index contributed by atoms with van der Waals surface area (Å²) in [6, 6.07) is 5.92. The van der Waals surface area contributed by atoms with E-state index in [-0.39, 0.29) is 18.6 Å². The quantitative estimate of drug-likeness (QED) is 0.882. The summed E-state index contributed by atoms with van der Waals surface area (Å²) in [6.45, 7) is 5.94. The number of aliphatic hydroxyl groups is 1. The number of aliphatic hydroxyl groups excluding tert-OH is 1. The van der Waals surface area contributed by atoms with E-state index < -0.39 is 0 Å². The Kier molecular flexibility index (Phi) is 4.45. The molecular weight excluding hydrogens is 254 g/mol. The number of benzene rings is 1. The fourth-order valence-electron chi connectivity index (χ4n) is 2.36. The van der Waals surface area contributed by atoms with Crippen LogP contribution in [0.3, 0.4) is 0 Å². The maximum Gasteiger partial charge on any atom is 0.287 e. The van der Waals surface area contributed by atoms with Gasteiger partial charge in [-0.3, -0.25) is 4.79 Å². The second-order valence-corrected chi connectivity index (χ2v) is 5.25. The second-order valence-electron chi connectivity index (χ2n) is 5.25. The summed E-state index contributed by atoms with van der Waals surface area (Å²) in [5, 5.41) is 12.7. The molecule has 2 rings (SSSR count). The van der Waals surface area contributed by atoms with E-state index >= 15 is 0 Å². The average molecular weight is 275 g/mol. The Morgan fingerprint density at radius 1 is 1.40 bits per heavy atom. The number of aryl methyl sites for hydroxylation is 2. The zero-order chi connectivity index (χ0) is 14.7. The minimum absolute atomic E-state index is 0.0170. The first-order valence-electron chi connectivity index (χ1n) is 6.95. The Hall–Kier alpha value is -1.81. The van der Waals surface area contributed by atoms with Gasteiger partial charge in [0.05, 0.1) is 0 Å². The first-order valence-corrected chi connectivity index (χ1v) is 6.95. The van der Waals surface area contributed by atoms with E-state index in [9.17, 15) is 4.79 Å². The molecule has 0 aliphatic heterocycles. The summed E-state index contributed by atoms with van der Waals surface area (Å²) < 4.78 is 5.74. The van der Waals surface area contributed by atoms with E-state index in [0.29, 0.717) is 12.2 Å². The molecule has 2 N–H and O–H groups in total. The van der Waals surface area contributed by atoms with E-state index in [1.807, 2.05) is 39.0 Å². The van der Waals surface area contributed by atoms with Gasteiger partial charge < -0.3 is 14.8 Å². The molecule has 1 heterocycles. The molecule has 1 atom stereocenters. The van der Waals surface area contributed by atoms with E-state index in [2.05, 4.69) is 5.32 Å². The fourth-order valence-corrected chi connectivity index (χ4v) is 2.36. The Morgan fingerprint density at radius 2 is 2.15 bits per heavy atom. The van der Waals surface area contributed by atoms with Gasteiger partial charge in [0, 0.05) is 23.6 Å². The molecule has 2 aromatic rings. The van der Waals surface area contributed by atoms with Crippen molar-refractivity contribution in [3.8, 4) is 0 Å². The molecular formula is C16H21NO3. The van der Waals surface area contributed by atoms with Crippen LogP contribution in [0.4, 0.5) is 0 Å². The summed E-state index contributed by atoms with van der Waals surface area (Å²) in [7, 11) is 0. The molecule has 0 fully saturated rings. The van der Waals surface area contributed by atoms with E-state index in [4.69, 9.17) is 9.52 Å². The van der Waals surface area contributed by atoms with Gasteiger partial charge in [-0.15, -0.1) is 0 Å². The molecule has 1 unspecified atom stereocenters. The molecule has 0 radical (unpaired) electrons. The SMILES string of the molecule is Cc1c(C(=O)NC(C)CCCO)oc2c(C)cccc12. The lowest BCUT2D eigenvalue weighted by molar-refractivity contribution is 0.0909. The third-order valence-electron chi connectivity index (χ3n) is 3.54. The highest BCUT2D eigenvalue weighted by molar-refractivity contribution is 5.99. The fraction of sp³-hybridized carbons (Fsp3) is 0.438. The number of carbonyl (C=O) groups is 1. The van der Waals surface area contributed by atoms with Crippen LogP contribution >= 0.6 is 0 Å². The smallest absolute Gasteiger partial charge is 0.287 e. The Labute approximate surface area is 118 Å². The first kappa shape index (κ1) is 14.6. The third-order valence-corrected chi connectivity index (χ3v) is 3.54. The van der Waals surface area contributed by atoms with Gasteiger partial charge in [0.2, 0.25) is 0 Å². The van der Waals surface area contributed by atoms with Crippen LogP contribution in [0.5, 0.6) is 0 Å². The minimum Gasteiger partial charge on any atom is -0.450 e. The van der Waals surface area contributed by atoms with Crippen molar-refractivity contribution in [3.05, 3.63) is 35.1 Å². The van der Waals surface area contributed by atoms with Gasteiger partial charge in [-0.05, 0) is 39.2 Å². The topological polar surface area (TPSA) is 62.5 Å². The van der Waals surface area contributed by atoms with Crippen LogP contribution in [0.15, 0.2) is 22.6 Å². The molecule has 0 aliphatic rings. The predicted octanol–water partition coefficient (Wildman–Crippen LogP) is 2.94. The van der Waals surface area contributed by atoms with Crippen molar-refractivity contribution in [2.45, 2.75) is 39.7 Å². The summed E-state index contributed by atoms with van der Waals surface area (Å²) in [6.07, 6.45) is 1.43. The van der Waals surface area contributed by atoms with Gasteiger partial charge >= 0.3 is 0 Å². The molecule has 1 amide bonds. The van der Waals surface area contributed by atoms with Crippen molar-refractivity contribution >= 4 is 16.9 Å². The number of furan rings is 1. The Balaban J connectivity index is 2.22. The molecule has 108 valence electrons. The number of hydrogen-bond donors (Lipinski definition) is 2. The molecule has 4 heteroatoms. The molecule has 0 saturated heterocycles. The van der Waals surface area contributed by atoms with Crippen molar-refractivity contribution in [2.24, 2.45) is 0 Å². The van der Waals surface area contributed by atoms with Gasteiger partial charge in [-0.25, -0.2) is 0 Å². The Bertz CT molecular complexity index is 615. The number of fused-ring (bicyclic) bond motifs is 1. The number of carbonyl (C=O) groups excluding carboxylic acids is 1. The second kappa shape index (κ2) is 6.09. The highest BCUT2D eigenvalue weighted by Crippen LogP contribution is 2.27. The molecule has 0 spiro atoms. The normalized spacial score (nSPS) is 12.6. The van der Waals surface area contributed by atoms with Gasteiger partial charge in [-0.2, -0.15) is 0 Å². The molecule has 4 nitrogen and oxygen atoms in total. The van der Waals surface area contributed by atoms with Gasteiger partial charge in [0.25, 0.3) is 5.91 Å². The Morgan fingerprint density at radius 3 is 2.80 bits per heavy atom. The number of amides is 1. The monoisotopic (exact) mass is 275 g/mol. The van der Waals surface area contributed by atoms with E-state index in [1.165, 1.54) is 0 Å². The zero-order valence-electron chi connectivity index (χ0n) is 12.2. The highest BCUT2D eigenvalue weighted by Gasteiger charge is 2.19. The zero-order valence-corrected chi connectivity index (χ0v) is 12.2. The third kappa shape index (κ3) is 2.85. The molecule has 0 aliphatic carbocycles. The van der Waals surface area contributed by atoms with E-state index in [0.717, 1.165) is 28.5 Å². The van der Waals surface area contributed by atoms with Gasteiger partial charge in [0.1, 0.15) is 5.58 Å². The molecule has 0 bridgehead atoms. The number of rotatable bonds is 5. The average Bonchev–Trinajstić information content (AvgIpc) is 2.76. The number of para-hydroxylation sites is 1. The summed E-state index contributed by atoms with van der Waals surface area (Å²) in [5.41, 5.74) is 2.67. The lowest BCUT2D eigenvalue weighted by atomic mass is 10.1. The van der Waals surface area contributed by atoms with Crippen LogP contribution in [0.2, 0.25) is 0 Å². The summed E-state index contributed by atoms with van der Waals surface area (Å²) >= 11 is 0. The van der Waals surface area contributed by atoms with Crippen LogP contribution in [0.25, 0.3) is 11.0 Å². The first-order chi connectivity index (χ1) is 9.54. The lowest BCUT2D eigenvalue weighted by Crippen LogP contribution is -2.32. The minimum atomic E-state index is -0.191. The maximum absolute atomic E-state index is 12.3. The lowest BCUT2D eigenvalue weighted by Gasteiger charge is -2.12. The van der Waals surface area contributed by atoms with E-state index in [1.54, 1.807) is 0 Å². The number of hydrogen-bond acceptors (Lipinski definition) is 3. The number of nitrogens with one attached hydrogen (secondary N) is 1. The van der Waals surface area contributed by atoms with Crippen LogP contribution < -0.4 is 5.32 Å². The van der Waals surface area contributed by atoms with Crippen molar-refractivity contribution in [2.75, 3.05) is 6.61 Å².